The molecule has 0 bridgehead atoms. The molecule has 0 atom stereocenters. The quantitative estimate of drug-likeness (QED) is 0.283. The van der Waals surface area contributed by atoms with Crippen molar-refractivity contribution in [1.29, 1.82) is 0 Å². The third-order valence-corrected chi connectivity index (χ3v) is 6.94. The molecular formula is C26H25Cl2N5O4S. The van der Waals surface area contributed by atoms with Gasteiger partial charge in [0.2, 0.25) is 0 Å². The summed E-state index contributed by atoms with van der Waals surface area (Å²) in [5.74, 6) is -0.568. The van der Waals surface area contributed by atoms with Crippen molar-refractivity contribution < 1.29 is 19.1 Å². The van der Waals surface area contributed by atoms with Crippen molar-refractivity contribution in [2.24, 2.45) is 0 Å². The van der Waals surface area contributed by atoms with Gasteiger partial charge in [-0.3, -0.25) is 24.9 Å². The standard InChI is InChI=1S/C26H25Cl2N5O4S/c1-26(2,3)37-25(36)33-24-19(21(29-33)31(4)23(35)15-6-8-16(27)9-7-15)14-20(38-24)22(34)30-32(5)18-12-10-17(28)11-13-18/h6-14H,1-5H3,(H,30,34). The molecule has 4 rings (SSSR count). The second-order valence-corrected chi connectivity index (χ2v) is 11.3. The van der Waals surface area contributed by atoms with Crippen LogP contribution in [0, 0.1) is 0 Å². The molecule has 2 heterocycles. The Balaban J connectivity index is 1.71. The molecule has 12 heteroatoms. The van der Waals surface area contributed by atoms with E-state index in [-0.39, 0.29) is 11.7 Å². The zero-order valence-electron chi connectivity index (χ0n) is 21.3. The van der Waals surface area contributed by atoms with Crippen LogP contribution in [0.15, 0.2) is 54.6 Å². The molecule has 0 unspecified atom stereocenters. The molecule has 2 amide bonds. The number of halogens is 2. The number of carbonyl (C=O) groups excluding carboxylic acids is 3. The first-order valence-corrected chi connectivity index (χ1v) is 13.0. The zero-order valence-corrected chi connectivity index (χ0v) is 23.6. The van der Waals surface area contributed by atoms with E-state index in [1.165, 1.54) is 4.90 Å². The third kappa shape index (κ3) is 5.93. The largest absolute Gasteiger partial charge is 0.442 e. The highest BCUT2D eigenvalue weighted by Crippen LogP contribution is 2.34. The number of hydrazine groups is 1. The number of nitrogens with one attached hydrogen (secondary N) is 1. The molecule has 198 valence electrons. The van der Waals surface area contributed by atoms with E-state index in [2.05, 4.69) is 10.5 Å². The average Bonchev–Trinajstić information content (AvgIpc) is 3.43. The maximum atomic E-state index is 13.2. The molecule has 0 saturated carbocycles. The van der Waals surface area contributed by atoms with E-state index in [1.807, 2.05) is 0 Å². The number of rotatable bonds is 5. The first kappa shape index (κ1) is 27.4. The lowest BCUT2D eigenvalue weighted by molar-refractivity contribution is 0.0523. The lowest BCUT2D eigenvalue weighted by Crippen LogP contribution is -2.39. The monoisotopic (exact) mass is 573 g/mol. The van der Waals surface area contributed by atoms with Crippen molar-refractivity contribution in [2.45, 2.75) is 26.4 Å². The van der Waals surface area contributed by atoms with Crippen molar-refractivity contribution in [3.8, 4) is 0 Å². The van der Waals surface area contributed by atoms with Crippen LogP contribution in [0.4, 0.5) is 16.3 Å². The molecule has 0 fully saturated rings. The highest BCUT2D eigenvalue weighted by molar-refractivity contribution is 7.20. The Bertz CT molecular complexity index is 1510. The van der Waals surface area contributed by atoms with Crippen molar-refractivity contribution in [3.63, 3.8) is 0 Å². The number of aromatic nitrogens is 2. The first-order valence-electron chi connectivity index (χ1n) is 11.4. The Hall–Kier alpha value is -3.60. The fourth-order valence-electron chi connectivity index (χ4n) is 3.50. The topological polar surface area (TPSA) is 96.8 Å². The van der Waals surface area contributed by atoms with Crippen LogP contribution in [0.5, 0.6) is 0 Å². The average molecular weight is 574 g/mol. The predicted molar refractivity (Wildman–Crippen MR) is 151 cm³/mol. The van der Waals surface area contributed by atoms with Crippen molar-refractivity contribution >= 4 is 74.2 Å². The normalized spacial score (nSPS) is 11.3. The molecule has 2 aromatic carbocycles. The SMILES string of the molecule is CN(NC(=O)c1cc2c(N(C)C(=O)c3ccc(Cl)cc3)nn(C(=O)OC(C)(C)C)c2s1)c1ccc(Cl)cc1. The summed E-state index contributed by atoms with van der Waals surface area (Å²) in [5.41, 5.74) is 3.12. The second kappa shape index (κ2) is 10.6. The Labute approximate surface area is 233 Å². The highest BCUT2D eigenvalue weighted by Gasteiger charge is 2.28. The molecule has 9 nitrogen and oxygen atoms in total. The van der Waals surface area contributed by atoms with Crippen LogP contribution in [-0.4, -0.2) is 47.4 Å². The minimum Gasteiger partial charge on any atom is -0.442 e. The van der Waals surface area contributed by atoms with Gasteiger partial charge in [-0.2, -0.15) is 4.68 Å². The summed E-state index contributed by atoms with van der Waals surface area (Å²) in [6.07, 6.45) is -0.729. The number of benzene rings is 2. The molecule has 2 aromatic heterocycles. The second-order valence-electron chi connectivity index (χ2n) is 9.39. The van der Waals surface area contributed by atoms with Gasteiger partial charge in [0.25, 0.3) is 11.8 Å². The van der Waals surface area contributed by atoms with E-state index in [0.717, 1.165) is 21.7 Å². The summed E-state index contributed by atoms with van der Waals surface area (Å²) < 4.78 is 6.59. The van der Waals surface area contributed by atoms with Gasteiger partial charge in [0, 0.05) is 29.7 Å². The molecule has 0 aliphatic rings. The van der Waals surface area contributed by atoms with Gasteiger partial charge in [-0.15, -0.1) is 16.4 Å². The van der Waals surface area contributed by atoms with Crippen LogP contribution in [0.3, 0.4) is 0 Å². The minimum absolute atomic E-state index is 0.201. The van der Waals surface area contributed by atoms with Crippen LogP contribution >= 0.6 is 34.5 Å². The lowest BCUT2D eigenvalue weighted by atomic mass is 10.2. The molecular weight excluding hydrogens is 549 g/mol. The number of fused-ring (bicyclic) bond motifs is 1. The molecule has 38 heavy (non-hydrogen) atoms. The summed E-state index contributed by atoms with van der Waals surface area (Å²) >= 11 is 13.0. The number of ether oxygens (including phenoxy) is 1. The van der Waals surface area contributed by atoms with Gasteiger partial charge in [-0.1, -0.05) is 23.2 Å². The maximum Gasteiger partial charge on any atom is 0.436 e. The number of anilines is 2. The van der Waals surface area contributed by atoms with Gasteiger partial charge in [-0.25, -0.2) is 4.79 Å². The first-order chi connectivity index (χ1) is 17.8. The minimum atomic E-state index is -0.778. The van der Waals surface area contributed by atoms with E-state index in [1.54, 1.807) is 94.5 Å². The number of amides is 2. The van der Waals surface area contributed by atoms with Gasteiger partial charge < -0.3 is 4.74 Å². The van der Waals surface area contributed by atoms with Crippen molar-refractivity contribution in [1.82, 2.24) is 15.2 Å². The van der Waals surface area contributed by atoms with Crippen LogP contribution in [0.1, 0.15) is 40.8 Å². The van der Waals surface area contributed by atoms with Gasteiger partial charge >= 0.3 is 6.09 Å². The van der Waals surface area contributed by atoms with Gasteiger partial charge in [0.1, 0.15) is 10.4 Å². The number of carbonyl (C=O) groups is 3. The smallest absolute Gasteiger partial charge is 0.436 e. The zero-order chi connectivity index (χ0) is 27.8. The highest BCUT2D eigenvalue weighted by atomic mass is 35.5. The fraction of sp³-hybridized carbons (Fsp3) is 0.231. The molecule has 1 N–H and O–H groups in total. The summed E-state index contributed by atoms with van der Waals surface area (Å²) in [6, 6.07) is 15.0. The molecule has 0 aliphatic carbocycles. The summed E-state index contributed by atoms with van der Waals surface area (Å²) in [4.78, 5) is 41.3. The number of hydrogen-bond acceptors (Lipinski definition) is 7. The van der Waals surface area contributed by atoms with Gasteiger partial charge in [0.15, 0.2) is 5.82 Å². The van der Waals surface area contributed by atoms with E-state index in [4.69, 9.17) is 27.9 Å². The van der Waals surface area contributed by atoms with E-state index >= 15 is 0 Å². The van der Waals surface area contributed by atoms with Crippen molar-refractivity contribution in [3.05, 3.63) is 75.1 Å². The third-order valence-electron chi connectivity index (χ3n) is 5.33. The molecule has 4 aromatic rings. The van der Waals surface area contributed by atoms with Crippen LogP contribution in [0.2, 0.25) is 10.0 Å². The lowest BCUT2D eigenvalue weighted by Gasteiger charge is -2.20. The number of thiophene rings is 1. The molecule has 0 radical (unpaired) electrons. The number of nitrogens with zero attached hydrogens (tertiary/aromatic N) is 4. The van der Waals surface area contributed by atoms with Crippen LogP contribution in [0.25, 0.3) is 10.2 Å². The Kier molecular flexibility index (Phi) is 7.68. The predicted octanol–water partition coefficient (Wildman–Crippen LogP) is 6.25. The molecule has 0 aliphatic heterocycles. The van der Waals surface area contributed by atoms with E-state index in [9.17, 15) is 14.4 Å². The van der Waals surface area contributed by atoms with Gasteiger partial charge in [-0.05, 0) is 75.4 Å². The molecule has 0 spiro atoms. The fourth-order valence-corrected chi connectivity index (χ4v) is 4.74. The summed E-state index contributed by atoms with van der Waals surface area (Å²) in [6.45, 7) is 5.22. The Morgan fingerprint density at radius 3 is 2.13 bits per heavy atom. The summed E-state index contributed by atoms with van der Waals surface area (Å²) in [7, 11) is 3.24. The Morgan fingerprint density at radius 2 is 1.55 bits per heavy atom. The van der Waals surface area contributed by atoms with Crippen LogP contribution in [-0.2, 0) is 4.74 Å². The van der Waals surface area contributed by atoms with E-state index in [0.29, 0.717) is 30.7 Å². The van der Waals surface area contributed by atoms with Crippen LogP contribution < -0.4 is 15.3 Å². The molecule has 0 saturated heterocycles. The summed E-state index contributed by atoms with van der Waals surface area (Å²) in [5, 5.41) is 7.47. The maximum absolute atomic E-state index is 13.2. The Morgan fingerprint density at radius 1 is 0.974 bits per heavy atom. The van der Waals surface area contributed by atoms with E-state index < -0.39 is 17.6 Å². The van der Waals surface area contributed by atoms with Crippen molar-refractivity contribution in [2.75, 3.05) is 24.0 Å². The number of hydrogen-bond donors (Lipinski definition) is 1. The van der Waals surface area contributed by atoms with Gasteiger partial charge in [0.05, 0.1) is 16.0 Å².